The average Bonchev–Trinajstić information content (AvgIpc) is 2.69. The molecular weight excluding hydrogens is 407 g/mol. The zero-order valence-corrected chi connectivity index (χ0v) is 16.5. The summed E-state index contributed by atoms with van der Waals surface area (Å²) in [6.45, 7) is 0.830. The van der Waals surface area contributed by atoms with Crippen LogP contribution in [0.15, 0.2) is 42.5 Å². The van der Waals surface area contributed by atoms with E-state index in [0.717, 1.165) is 11.6 Å². The first-order valence-electron chi connectivity index (χ1n) is 9.18. The fourth-order valence-corrected chi connectivity index (χ4v) is 4.02. The Bertz CT molecular complexity index is 888. The third kappa shape index (κ3) is 4.85. The number of benzene rings is 2. The molecule has 3 rings (SSSR count). The Morgan fingerprint density at radius 3 is 2.62 bits per heavy atom. The van der Waals surface area contributed by atoms with Crippen LogP contribution in [-0.2, 0) is 11.0 Å². The number of likely N-dealkylation sites (tertiary alicyclic amines) is 1. The van der Waals surface area contributed by atoms with Crippen molar-refractivity contribution in [3.8, 4) is 5.75 Å². The summed E-state index contributed by atoms with van der Waals surface area (Å²) in [4.78, 5) is 13.4. The van der Waals surface area contributed by atoms with Crippen LogP contribution in [0.5, 0.6) is 5.75 Å². The Kier molecular flexibility index (Phi) is 6.39. The highest BCUT2D eigenvalue weighted by atomic mass is 35.5. The van der Waals surface area contributed by atoms with Crippen molar-refractivity contribution in [2.75, 3.05) is 20.2 Å². The summed E-state index contributed by atoms with van der Waals surface area (Å²) in [5.41, 5.74) is 0.225. The van der Waals surface area contributed by atoms with E-state index in [2.05, 4.69) is 0 Å². The molecule has 0 radical (unpaired) electrons. The van der Waals surface area contributed by atoms with Gasteiger partial charge >= 0.3 is 12.1 Å². The summed E-state index contributed by atoms with van der Waals surface area (Å²) in [6.07, 6.45) is -3.39. The number of nitrogens with zero attached hydrogens (tertiary/aromatic N) is 1. The molecule has 0 bridgehead atoms. The first-order chi connectivity index (χ1) is 13.7. The largest absolute Gasteiger partial charge is 0.497 e. The Morgan fingerprint density at radius 2 is 1.97 bits per heavy atom. The molecule has 0 aromatic heterocycles. The Balaban J connectivity index is 2.09. The maximum atomic E-state index is 13.4. The lowest BCUT2D eigenvalue weighted by atomic mass is 9.90. The predicted molar refractivity (Wildman–Crippen MR) is 103 cm³/mol. The van der Waals surface area contributed by atoms with Crippen LogP contribution in [0.2, 0.25) is 5.02 Å². The van der Waals surface area contributed by atoms with Crippen molar-refractivity contribution in [1.29, 1.82) is 0 Å². The highest BCUT2D eigenvalue weighted by Gasteiger charge is 2.36. The highest BCUT2D eigenvalue weighted by molar-refractivity contribution is 6.31. The zero-order valence-electron chi connectivity index (χ0n) is 15.7. The minimum atomic E-state index is -4.59. The van der Waals surface area contributed by atoms with E-state index < -0.39 is 29.7 Å². The van der Waals surface area contributed by atoms with Crippen molar-refractivity contribution in [2.24, 2.45) is 5.92 Å². The smallest absolute Gasteiger partial charge is 0.417 e. The van der Waals surface area contributed by atoms with E-state index in [0.29, 0.717) is 30.7 Å². The van der Waals surface area contributed by atoms with E-state index in [1.165, 1.54) is 13.2 Å². The van der Waals surface area contributed by atoms with Gasteiger partial charge in [-0.05, 0) is 54.8 Å². The number of alkyl halides is 3. The summed E-state index contributed by atoms with van der Waals surface area (Å²) in [5, 5.41) is 9.07. The van der Waals surface area contributed by atoms with Crippen molar-refractivity contribution in [3.05, 3.63) is 64.2 Å². The second-order valence-electron chi connectivity index (χ2n) is 7.09. The molecule has 1 aliphatic heterocycles. The molecule has 4 nitrogen and oxygen atoms in total. The molecule has 1 heterocycles. The summed E-state index contributed by atoms with van der Waals surface area (Å²) in [7, 11) is 1.51. The monoisotopic (exact) mass is 427 g/mol. The van der Waals surface area contributed by atoms with Crippen molar-refractivity contribution in [2.45, 2.75) is 25.1 Å². The van der Waals surface area contributed by atoms with Crippen LogP contribution in [0.4, 0.5) is 13.2 Å². The molecule has 2 aromatic carbocycles. The summed E-state index contributed by atoms with van der Waals surface area (Å²) in [6, 6.07) is 10.4. The number of carbonyl (C=O) groups is 1. The lowest BCUT2D eigenvalue weighted by Crippen LogP contribution is -2.41. The number of hydrogen-bond acceptors (Lipinski definition) is 3. The van der Waals surface area contributed by atoms with Gasteiger partial charge in [0.25, 0.3) is 0 Å². The normalized spacial score (nSPS) is 19.0. The topological polar surface area (TPSA) is 49.8 Å². The van der Waals surface area contributed by atoms with E-state index >= 15 is 0 Å². The molecule has 0 amide bonds. The number of carboxylic acid groups (broad SMARTS) is 1. The van der Waals surface area contributed by atoms with E-state index in [1.54, 1.807) is 30.3 Å². The molecule has 0 saturated carbocycles. The summed E-state index contributed by atoms with van der Waals surface area (Å²) in [5.74, 6) is -0.887. The Hall–Kier alpha value is -2.25. The molecule has 1 aliphatic rings. The highest BCUT2D eigenvalue weighted by Crippen LogP contribution is 2.40. The van der Waals surface area contributed by atoms with Gasteiger partial charge in [-0.2, -0.15) is 13.2 Å². The van der Waals surface area contributed by atoms with Crippen molar-refractivity contribution in [1.82, 2.24) is 4.90 Å². The van der Waals surface area contributed by atoms with Gasteiger partial charge < -0.3 is 9.84 Å². The number of rotatable bonds is 5. The van der Waals surface area contributed by atoms with Crippen LogP contribution in [0.25, 0.3) is 0 Å². The van der Waals surface area contributed by atoms with Gasteiger partial charge in [0, 0.05) is 6.54 Å². The molecule has 156 valence electrons. The molecular formula is C21H21ClF3NO3. The number of carboxylic acids is 1. The van der Waals surface area contributed by atoms with Gasteiger partial charge in [0.2, 0.25) is 0 Å². The summed E-state index contributed by atoms with van der Waals surface area (Å²) >= 11 is 5.80. The minimum Gasteiger partial charge on any atom is -0.497 e. The van der Waals surface area contributed by atoms with Gasteiger partial charge in [0.1, 0.15) is 5.75 Å². The lowest BCUT2D eigenvalue weighted by molar-refractivity contribution is -0.143. The van der Waals surface area contributed by atoms with Gasteiger partial charge in [-0.1, -0.05) is 29.8 Å². The van der Waals surface area contributed by atoms with E-state index in [1.807, 2.05) is 4.90 Å². The van der Waals surface area contributed by atoms with E-state index in [-0.39, 0.29) is 11.6 Å². The molecule has 2 aromatic rings. The first-order valence-corrected chi connectivity index (χ1v) is 9.56. The molecule has 29 heavy (non-hydrogen) atoms. The van der Waals surface area contributed by atoms with Gasteiger partial charge in [-0.25, -0.2) is 0 Å². The zero-order chi connectivity index (χ0) is 21.2. The Labute approximate surface area is 171 Å². The fraction of sp³-hybridized carbons (Fsp3) is 0.381. The molecule has 1 saturated heterocycles. The summed E-state index contributed by atoms with van der Waals surface area (Å²) < 4.78 is 45.6. The molecule has 1 N–H and O–H groups in total. The third-order valence-electron chi connectivity index (χ3n) is 5.19. The number of piperidine rings is 1. The van der Waals surface area contributed by atoms with Crippen molar-refractivity contribution < 1.29 is 27.8 Å². The molecule has 0 aliphatic carbocycles. The van der Waals surface area contributed by atoms with Crippen molar-refractivity contribution >= 4 is 17.6 Å². The molecule has 0 spiro atoms. The average molecular weight is 428 g/mol. The standard InChI is InChI=1S/C21H21ClF3NO3/c1-29-16-6-2-4-13(10-16)19(26-9-3-5-15(12-26)20(27)28)14-7-8-18(22)17(11-14)21(23,24)25/h2,4,6-8,10-11,15,19H,3,5,9,12H2,1H3,(H,27,28). The number of aliphatic carboxylic acids is 1. The van der Waals surface area contributed by atoms with Crippen LogP contribution in [0.3, 0.4) is 0 Å². The molecule has 8 heteroatoms. The maximum absolute atomic E-state index is 13.4. The van der Waals surface area contributed by atoms with Gasteiger partial charge in [-0.15, -0.1) is 0 Å². The minimum absolute atomic E-state index is 0.251. The Morgan fingerprint density at radius 1 is 1.24 bits per heavy atom. The van der Waals surface area contributed by atoms with Gasteiger partial charge in [0.15, 0.2) is 0 Å². The van der Waals surface area contributed by atoms with Crippen LogP contribution in [-0.4, -0.2) is 36.2 Å². The maximum Gasteiger partial charge on any atom is 0.417 e. The number of ether oxygens (including phenoxy) is 1. The first kappa shape index (κ1) is 21.5. The van der Waals surface area contributed by atoms with Crippen LogP contribution in [0.1, 0.15) is 35.6 Å². The van der Waals surface area contributed by atoms with Crippen LogP contribution >= 0.6 is 11.6 Å². The molecule has 1 fully saturated rings. The number of halogens is 4. The number of hydrogen-bond donors (Lipinski definition) is 1. The van der Waals surface area contributed by atoms with Gasteiger partial charge in [-0.3, -0.25) is 9.69 Å². The fourth-order valence-electron chi connectivity index (χ4n) is 3.80. The second kappa shape index (κ2) is 8.63. The molecule has 2 unspecified atom stereocenters. The predicted octanol–water partition coefficient (Wildman–Crippen LogP) is 5.25. The SMILES string of the molecule is COc1cccc(C(c2ccc(Cl)c(C(F)(F)F)c2)N2CCCC(C(=O)O)C2)c1. The van der Waals surface area contributed by atoms with Gasteiger partial charge in [0.05, 0.1) is 29.7 Å². The van der Waals surface area contributed by atoms with Crippen LogP contribution in [0, 0.1) is 5.92 Å². The third-order valence-corrected chi connectivity index (χ3v) is 5.52. The molecule has 2 atom stereocenters. The van der Waals surface area contributed by atoms with E-state index in [9.17, 15) is 23.1 Å². The number of methoxy groups -OCH3 is 1. The van der Waals surface area contributed by atoms with Crippen LogP contribution < -0.4 is 4.74 Å². The quantitative estimate of drug-likeness (QED) is 0.707. The van der Waals surface area contributed by atoms with Crippen molar-refractivity contribution in [3.63, 3.8) is 0 Å². The second-order valence-corrected chi connectivity index (χ2v) is 7.50. The lowest BCUT2D eigenvalue weighted by Gasteiger charge is -2.38. The van der Waals surface area contributed by atoms with E-state index in [4.69, 9.17) is 16.3 Å².